The van der Waals surface area contributed by atoms with Crippen LogP contribution in [0.15, 0.2) is 12.4 Å². The molecule has 1 aliphatic heterocycles. The molecule has 0 N–H and O–H groups in total. The maximum atomic E-state index is 12.5. The van der Waals surface area contributed by atoms with Crippen molar-refractivity contribution in [3.05, 3.63) is 23.8 Å². The Labute approximate surface area is 127 Å². The summed E-state index contributed by atoms with van der Waals surface area (Å²) in [7, 11) is 3.65. The van der Waals surface area contributed by atoms with E-state index in [-0.39, 0.29) is 5.91 Å². The molecule has 1 saturated heterocycles. The molecular weight excluding hydrogens is 264 g/mol. The van der Waals surface area contributed by atoms with Gasteiger partial charge in [0.1, 0.15) is 5.82 Å². The first-order valence-electron chi connectivity index (χ1n) is 7.74. The Morgan fingerprint density at radius 1 is 1.38 bits per heavy atom. The van der Waals surface area contributed by atoms with E-state index in [0.29, 0.717) is 0 Å². The molecule has 1 aromatic rings. The van der Waals surface area contributed by atoms with Crippen molar-refractivity contribution in [1.82, 2.24) is 19.8 Å². The zero-order valence-electron chi connectivity index (χ0n) is 13.6. The van der Waals surface area contributed by atoms with Crippen molar-refractivity contribution < 1.29 is 4.79 Å². The van der Waals surface area contributed by atoms with E-state index in [4.69, 9.17) is 0 Å². The number of rotatable bonds is 5. The summed E-state index contributed by atoms with van der Waals surface area (Å²) in [5.41, 5.74) is 0.681. The summed E-state index contributed by atoms with van der Waals surface area (Å²) in [6, 6.07) is 0. The number of carbonyl (C=O) groups is 1. The smallest absolute Gasteiger partial charge is 0.242 e. The van der Waals surface area contributed by atoms with E-state index in [0.717, 1.165) is 50.2 Å². The number of aryl methyl sites for hydroxylation is 1. The minimum atomic E-state index is -0.397. The normalized spacial score (nSPS) is 22.5. The molecule has 1 aromatic heterocycles. The fraction of sp³-hybridized carbons (Fsp3) is 0.688. The SMILES string of the molecule is CCCc1ncc(CN2CCC[C@]2(C)C(=O)N(C)C)cn1. The van der Waals surface area contributed by atoms with Crippen molar-refractivity contribution >= 4 is 5.91 Å². The van der Waals surface area contributed by atoms with Crippen molar-refractivity contribution in [2.75, 3.05) is 20.6 Å². The van der Waals surface area contributed by atoms with E-state index < -0.39 is 5.54 Å². The summed E-state index contributed by atoms with van der Waals surface area (Å²) in [6.07, 6.45) is 7.75. The average molecular weight is 290 g/mol. The Kier molecular flexibility index (Phi) is 4.93. The van der Waals surface area contributed by atoms with Crippen LogP contribution in [0.25, 0.3) is 0 Å². The molecule has 1 fully saturated rings. The van der Waals surface area contributed by atoms with Gasteiger partial charge in [-0.15, -0.1) is 0 Å². The van der Waals surface area contributed by atoms with Crippen molar-refractivity contribution in [3.63, 3.8) is 0 Å². The van der Waals surface area contributed by atoms with Crippen molar-refractivity contribution in [2.24, 2.45) is 0 Å². The number of hydrogen-bond acceptors (Lipinski definition) is 4. The van der Waals surface area contributed by atoms with Crippen LogP contribution in [0.3, 0.4) is 0 Å². The van der Waals surface area contributed by atoms with Gasteiger partial charge in [-0.1, -0.05) is 6.92 Å². The van der Waals surface area contributed by atoms with Gasteiger partial charge in [0.05, 0.1) is 5.54 Å². The maximum absolute atomic E-state index is 12.5. The van der Waals surface area contributed by atoms with Crippen LogP contribution in [0.5, 0.6) is 0 Å². The summed E-state index contributed by atoms with van der Waals surface area (Å²) in [4.78, 5) is 25.2. The molecule has 1 aliphatic rings. The lowest BCUT2D eigenvalue weighted by atomic mass is 9.97. The first kappa shape index (κ1) is 15.9. The highest BCUT2D eigenvalue weighted by Crippen LogP contribution is 2.31. The Bertz CT molecular complexity index is 486. The zero-order valence-corrected chi connectivity index (χ0v) is 13.6. The highest BCUT2D eigenvalue weighted by molar-refractivity contribution is 5.85. The van der Waals surface area contributed by atoms with E-state index in [1.165, 1.54) is 0 Å². The number of likely N-dealkylation sites (tertiary alicyclic amines) is 1. The second kappa shape index (κ2) is 6.52. The molecule has 116 valence electrons. The molecule has 2 rings (SSSR count). The van der Waals surface area contributed by atoms with Crippen LogP contribution >= 0.6 is 0 Å². The second-order valence-corrected chi connectivity index (χ2v) is 6.26. The topological polar surface area (TPSA) is 49.3 Å². The molecule has 1 amide bonds. The molecule has 0 unspecified atom stereocenters. The summed E-state index contributed by atoms with van der Waals surface area (Å²) < 4.78 is 0. The molecule has 1 atom stereocenters. The third-order valence-electron chi connectivity index (χ3n) is 4.26. The number of aromatic nitrogens is 2. The Hall–Kier alpha value is -1.49. The number of likely N-dealkylation sites (N-methyl/N-ethyl adjacent to an activating group) is 1. The molecule has 0 spiro atoms. The summed E-state index contributed by atoms with van der Waals surface area (Å²) in [5, 5.41) is 0. The zero-order chi connectivity index (χ0) is 15.5. The third kappa shape index (κ3) is 3.40. The van der Waals surface area contributed by atoms with Gasteiger partial charge in [-0.25, -0.2) is 9.97 Å². The lowest BCUT2D eigenvalue weighted by Gasteiger charge is -2.35. The van der Waals surface area contributed by atoms with Gasteiger partial charge in [0.25, 0.3) is 0 Å². The van der Waals surface area contributed by atoms with Gasteiger partial charge < -0.3 is 4.90 Å². The van der Waals surface area contributed by atoms with Gasteiger partial charge >= 0.3 is 0 Å². The monoisotopic (exact) mass is 290 g/mol. The van der Waals surface area contributed by atoms with Gasteiger partial charge in [-0.2, -0.15) is 0 Å². The Morgan fingerprint density at radius 3 is 2.62 bits per heavy atom. The van der Waals surface area contributed by atoms with Crippen LogP contribution in [0, 0.1) is 0 Å². The molecule has 5 heteroatoms. The summed E-state index contributed by atoms with van der Waals surface area (Å²) in [6.45, 7) is 5.86. The van der Waals surface area contributed by atoms with E-state index in [2.05, 4.69) is 28.7 Å². The Morgan fingerprint density at radius 2 is 2.05 bits per heavy atom. The van der Waals surface area contributed by atoms with Crippen LogP contribution in [0.1, 0.15) is 44.5 Å². The average Bonchev–Trinajstić information content (AvgIpc) is 2.83. The number of amides is 1. The lowest BCUT2D eigenvalue weighted by molar-refractivity contribution is -0.139. The van der Waals surface area contributed by atoms with Crippen molar-refractivity contribution in [2.45, 2.75) is 51.6 Å². The van der Waals surface area contributed by atoms with Gasteiger partial charge in [0, 0.05) is 45.0 Å². The summed E-state index contributed by atoms with van der Waals surface area (Å²) in [5.74, 6) is 1.08. The largest absolute Gasteiger partial charge is 0.347 e. The van der Waals surface area contributed by atoms with E-state index in [9.17, 15) is 4.79 Å². The molecule has 0 saturated carbocycles. The number of carbonyl (C=O) groups excluding carboxylic acids is 1. The molecule has 0 aliphatic carbocycles. The quantitative estimate of drug-likeness (QED) is 0.830. The van der Waals surface area contributed by atoms with E-state index in [1.54, 1.807) is 4.90 Å². The first-order valence-corrected chi connectivity index (χ1v) is 7.74. The predicted octanol–water partition coefficient (Wildman–Crippen LogP) is 1.87. The lowest BCUT2D eigenvalue weighted by Crippen LogP contribution is -2.52. The third-order valence-corrected chi connectivity index (χ3v) is 4.26. The number of hydrogen-bond donors (Lipinski definition) is 0. The minimum absolute atomic E-state index is 0.184. The van der Waals surface area contributed by atoms with E-state index in [1.807, 2.05) is 26.5 Å². The molecule has 21 heavy (non-hydrogen) atoms. The molecule has 2 heterocycles. The second-order valence-electron chi connectivity index (χ2n) is 6.26. The van der Waals surface area contributed by atoms with Crippen LogP contribution in [0.2, 0.25) is 0 Å². The molecular formula is C16H26N4O. The van der Waals surface area contributed by atoms with Crippen LogP contribution in [0.4, 0.5) is 0 Å². The van der Waals surface area contributed by atoms with Crippen molar-refractivity contribution in [3.8, 4) is 0 Å². The van der Waals surface area contributed by atoms with Gasteiger partial charge in [0.2, 0.25) is 5.91 Å². The molecule has 0 radical (unpaired) electrons. The van der Waals surface area contributed by atoms with Gasteiger partial charge in [-0.05, 0) is 32.7 Å². The van der Waals surface area contributed by atoms with Crippen LogP contribution in [-0.4, -0.2) is 51.9 Å². The van der Waals surface area contributed by atoms with Crippen LogP contribution < -0.4 is 0 Å². The molecule has 0 bridgehead atoms. The fourth-order valence-electron chi connectivity index (χ4n) is 3.03. The fourth-order valence-corrected chi connectivity index (χ4v) is 3.03. The minimum Gasteiger partial charge on any atom is -0.347 e. The number of nitrogens with zero attached hydrogens (tertiary/aromatic N) is 4. The first-order chi connectivity index (χ1) is 9.97. The highest BCUT2D eigenvalue weighted by atomic mass is 16.2. The standard InChI is InChI=1S/C16H26N4O/c1-5-7-14-17-10-13(11-18-14)12-20-9-6-8-16(20,2)15(21)19(3)4/h10-11H,5-9,12H2,1-4H3/t16-/m1/s1. The van der Waals surface area contributed by atoms with Crippen molar-refractivity contribution in [1.29, 1.82) is 0 Å². The maximum Gasteiger partial charge on any atom is 0.242 e. The highest BCUT2D eigenvalue weighted by Gasteiger charge is 2.43. The van der Waals surface area contributed by atoms with Gasteiger partial charge in [0.15, 0.2) is 0 Å². The van der Waals surface area contributed by atoms with Gasteiger partial charge in [-0.3, -0.25) is 9.69 Å². The predicted molar refractivity (Wildman–Crippen MR) is 82.8 cm³/mol. The Balaban J connectivity index is 2.09. The molecule has 5 nitrogen and oxygen atoms in total. The van der Waals surface area contributed by atoms with Crippen LogP contribution in [-0.2, 0) is 17.8 Å². The van der Waals surface area contributed by atoms with E-state index >= 15 is 0 Å². The molecule has 0 aromatic carbocycles. The summed E-state index contributed by atoms with van der Waals surface area (Å²) >= 11 is 0.